The van der Waals surface area contributed by atoms with E-state index in [0.29, 0.717) is 41.7 Å². The number of likely N-dealkylation sites (tertiary alicyclic amines) is 1. The number of rotatable bonds is 7. The average molecular weight is 537 g/mol. The minimum Gasteiger partial charge on any atom is -0.339 e. The molecule has 1 saturated heterocycles. The number of hydrogen-bond acceptors (Lipinski definition) is 5. The van der Waals surface area contributed by atoms with Crippen molar-refractivity contribution in [1.82, 2.24) is 24.6 Å². The Labute approximate surface area is 235 Å². The normalized spacial score (nSPS) is 14.0. The van der Waals surface area contributed by atoms with Gasteiger partial charge in [0.15, 0.2) is 0 Å². The van der Waals surface area contributed by atoms with Crippen LogP contribution in [-0.4, -0.2) is 49.6 Å². The maximum absolute atomic E-state index is 13.4. The van der Waals surface area contributed by atoms with E-state index in [9.17, 15) is 9.59 Å². The van der Waals surface area contributed by atoms with E-state index in [1.54, 1.807) is 23.0 Å². The van der Waals surface area contributed by atoms with E-state index < -0.39 is 0 Å². The van der Waals surface area contributed by atoms with Crippen molar-refractivity contribution >= 4 is 17.5 Å². The van der Waals surface area contributed by atoms with Crippen LogP contribution in [0.2, 0.25) is 0 Å². The zero-order valence-corrected chi connectivity index (χ0v) is 23.6. The lowest BCUT2D eigenvalue weighted by Gasteiger charge is -2.32. The number of piperidine rings is 1. The maximum atomic E-state index is 13.4. The van der Waals surface area contributed by atoms with E-state index >= 15 is 0 Å². The Morgan fingerprint density at radius 1 is 0.975 bits per heavy atom. The molecule has 0 saturated carbocycles. The van der Waals surface area contributed by atoms with Gasteiger partial charge in [-0.1, -0.05) is 26.0 Å². The zero-order chi connectivity index (χ0) is 28.2. The summed E-state index contributed by atoms with van der Waals surface area (Å²) in [6, 6.07) is 13.4. The van der Waals surface area contributed by atoms with Crippen LogP contribution in [0, 0.1) is 12.8 Å². The van der Waals surface area contributed by atoms with E-state index in [-0.39, 0.29) is 11.8 Å². The summed E-state index contributed by atoms with van der Waals surface area (Å²) in [5, 5.41) is 7.19. The number of benzene rings is 1. The van der Waals surface area contributed by atoms with E-state index in [1.807, 2.05) is 61.7 Å². The number of hydrogen-bond donors (Lipinski definition) is 1. The lowest BCUT2D eigenvalue weighted by atomic mass is 9.90. The predicted octanol–water partition coefficient (Wildman–Crippen LogP) is 5.66. The van der Waals surface area contributed by atoms with Crippen molar-refractivity contribution in [3.63, 3.8) is 0 Å². The van der Waals surface area contributed by atoms with Crippen molar-refractivity contribution in [2.75, 3.05) is 18.4 Å². The van der Waals surface area contributed by atoms with Crippen LogP contribution in [-0.2, 0) is 13.5 Å². The summed E-state index contributed by atoms with van der Waals surface area (Å²) in [5.41, 5.74) is 6.68. The third kappa shape index (κ3) is 6.28. The van der Waals surface area contributed by atoms with E-state index in [1.165, 1.54) is 5.56 Å². The van der Waals surface area contributed by atoms with Gasteiger partial charge in [-0.3, -0.25) is 24.2 Å². The highest BCUT2D eigenvalue weighted by molar-refractivity contribution is 6.05. The van der Waals surface area contributed by atoms with Gasteiger partial charge >= 0.3 is 0 Å². The van der Waals surface area contributed by atoms with Crippen LogP contribution in [0.5, 0.6) is 0 Å². The molecule has 1 aliphatic rings. The molecule has 0 unspecified atom stereocenters. The number of anilines is 1. The minimum absolute atomic E-state index is 0.0151. The van der Waals surface area contributed by atoms with Gasteiger partial charge < -0.3 is 10.2 Å². The summed E-state index contributed by atoms with van der Waals surface area (Å²) in [5.74, 6) is 0.620. The number of carbonyl (C=O) groups is 2. The number of amides is 2. The van der Waals surface area contributed by atoms with Gasteiger partial charge in [-0.2, -0.15) is 5.10 Å². The Morgan fingerprint density at radius 2 is 1.75 bits per heavy atom. The molecular formula is C32H36N6O2. The number of aromatic nitrogens is 4. The standard InChI is InChI=1S/C32H36N6O2/c1-21(2)15-28-9-7-26(18-33-28)31(39)36-30-16-24(6-5-22(30)3)32(40)38-13-11-23(12-14-38)25-8-10-29(34-17-25)27-19-35-37(4)20-27/h5-10,16-21,23H,11-15H2,1-4H3,(H,36,39). The summed E-state index contributed by atoms with van der Waals surface area (Å²) in [4.78, 5) is 37.3. The molecule has 40 heavy (non-hydrogen) atoms. The number of carbonyl (C=O) groups excluding carboxylic acids is 2. The van der Waals surface area contributed by atoms with Crippen molar-refractivity contribution in [3.05, 3.63) is 95.2 Å². The fraction of sp³-hybridized carbons (Fsp3) is 0.344. The van der Waals surface area contributed by atoms with Crippen molar-refractivity contribution < 1.29 is 9.59 Å². The van der Waals surface area contributed by atoms with E-state index in [2.05, 4.69) is 40.3 Å². The second kappa shape index (κ2) is 11.8. The van der Waals surface area contributed by atoms with E-state index in [4.69, 9.17) is 0 Å². The molecule has 8 heteroatoms. The molecule has 1 N–H and O–H groups in total. The van der Waals surface area contributed by atoms with Crippen molar-refractivity contribution in [2.45, 2.75) is 46.0 Å². The predicted molar refractivity (Wildman–Crippen MR) is 156 cm³/mol. The number of nitrogens with zero attached hydrogens (tertiary/aromatic N) is 5. The molecule has 0 bridgehead atoms. The highest BCUT2D eigenvalue weighted by atomic mass is 16.2. The minimum atomic E-state index is -0.236. The van der Waals surface area contributed by atoms with Crippen LogP contribution >= 0.6 is 0 Å². The Bertz CT molecular complexity index is 1480. The van der Waals surface area contributed by atoms with Crippen LogP contribution in [0.1, 0.15) is 70.1 Å². The summed E-state index contributed by atoms with van der Waals surface area (Å²) in [6.45, 7) is 7.56. The number of nitrogens with one attached hydrogen (secondary N) is 1. The average Bonchev–Trinajstić information content (AvgIpc) is 3.40. The van der Waals surface area contributed by atoms with Crippen molar-refractivity contribution in [1.29, 1.82) is 0 Å². The summed E-state index contributed by atoms with van der Waals surface area (Å²) in [7, 11) is 1.89. The first-order valence-electron chi connectivity index (χ1n) is 13.9. The topological polar surface area (TPSA) is 93.0 Å². The Balaban J connectivity index is 1.19. The van der Waals surface area contributed by atoms with Crippen LogP contribution in [0.4, 0.5) is 5.69 Å². The molecule has 1 aliphatic heterocycles. The molecule has 8 nitrogen and oxygen atoms in total. The molecule has 1 aromatic carbocycles. The van der Waals surface area contributed by atoms with E-state index in [0.717, 1.165) is 41.8 Å². The molecule has 5 rings (SSSR count). The third-order valence-electron chi connectivity index (χ3n) is 7.48. The van der Waals surface area contributed by atoms with Gasteiger partial charge in [0, 0.05) is 61.2 Å². The van der Waals surface area contributed by atoms with Gasteiger partial charge in [0.1, 0.15) is 0 Å². The second-order valence-corrected chi connectivity index (χ2v) is 11.1. The fourth-order valence-corrected chi connectivity index (χ4v) is 5.15. The lowest BCUT2D eigenvalue weighted by Crippen LogP contribution is -2.38. The summed E-state index contributed by atoms with van der Waals surface area (Å²) < 4.78 is 1.77. The molecule has 2 amide bonds. The molecule has 0 atom stereocenters. The highest BCUT2D eigenvalue weighted by Gasteiger charge is 2.25. The molecule has 3 aromatic heterocycles. The third-order valence-corrected chi connectivity index (χ3v) is 7.48. The maximum Gasteiger partial charge on any atom is 0.257 e. The molecule has 4 heterocycles. The largest absolute Gasteiger partial charge is 0.339 e. The molecule has 1 fully saturated rings. The van der Waals surface area contributed by atoms with Crippen molar-refractivity contribution in [3.8, 4) is 11.3 Å². The molecule has 206 valence electrons. The number of aryl methyl sites for hydroxylation is 2. The van der Waals surface area contributed by atoms with Crippen molar-refractivity contribution in [2.24, 2.45) is 13.0 Å². The Morgan fingerprint density at radius 3 is 2.38 bits per heavy atom. The van der Waals surface area contributed by atoms with Gasteiger partial charge in [0.2, 0.25) is 0 Å². The smallest absolute Gasteiger partial charge is 0.257 e. The number of pyridine rings is 2. The van der Waals surface area contributed by atoms with Gasteiger partial charge in [-0.05, 0) is 79.5 Å². The lowest BCUT2D eigenvalue weighted by molar-refractivity contribution is 0.0712. The molecule has 0 aliphatic carbocycles. The first-order chi connectivity index (χ1) is 19.3. The van der Waals surface area contributed by atoms with Crippen LogP contribution < -0.4 is 5.32 Å². The van der Waals surface area contributed by atoms with Crippen LogP contribution in [0.15, 0.2) is 67.3 Å². The fourth-order valence-electron chi connectivity index (χ4n) is 5.15. The Kier molecular flexibility index (Phi) is 8.05. The van der Waals surface area contributed by atoms with Gasteiger partial charge in [-0.25, -0.2) is 0 Å². The summed E-state index contributed by atoms with van der Waals surface area (Å²) >= 11 is 0. The second-order valence-electron chi connectivity index (χ2n) is 11.1. The zero-order valence-electron chi connectivity index (χ0n) is 23.6. The SMILES string of the molecule is Cc1ccc(C(=O)N2CCC(c3ccc(-c4cnn(C)c4)nc3)CC2)cc1NC(=O)c1ccc(CC(C)C)nc1. The molecular weight excluding hydrogens is 500 g/mol. The monoisotopic (exact) mass is 536 g/mol. The molecule has 0 spiro atoms. The first kappa shape index (κ1) is 27.2. The Hall–Kier alpha value is -4.33. The molecule has 4 aromatic rings. The highest BCUT2D eigenvalue weighted by Crippen LogP contribution is 2.30. The van der Waals surface area contributed by atoms with Crippen LogP contribution in [0.25, 0.3) is 11.3 Å². The molecule has 0 radical (unpaired) electrons. The van der Waals surface area contributed by atoms with Gasteiger partial charge in [0.05, 0.1) is 17.5 Å². The first-order valence-corrected chi connectivity index (χ1v) is 13.9. The quantitative estimate of drug-likeness (QED) is 0.329. The summed E-state index contributed by atoms with van der Waals surface area (Å²) in [6.07, 6.45) is 9.98. The van der Waals surface area contributed by atoms with Gasteiger partial charge in [0.25, 0.3) is 11.8 Å². The van der Waals surface area contributed by atoms with Crippen LogP contribution in [0.3, 0.4) is 0 Å². The van der Waals surface area contributed by atoms with Gasteiger partial charge in [-0.15, -0.1) is 0 Å².